The molecule has 0 radical (unpaired) electrons. The van der Waals surface area contributed by atoms with E-state index < -0.39 is 0 Å². The number of nitrogens with zero attached hydrogens (tertiary/aromatic N) is 2. The van der Waals surface area contributed by atoms with Crippen LogP contribution < -0.4 is 4.74 Å². The number of morpholine rings is 1. The van der Waals surface area contributed by atoms with Gasteiger partial charge in [-0.1, -0.05) is 0 Å². The number of likely N-dealkylation sites (tertiary alicyclic amines) is 1. The number of hydrogen-bond donors (Lipinski definition) is 0. The molecule has 2 fully saturated rings. The van der Waals surface area contributed by atoms with E-state index in [-0.39, 0.29) is 0 Å². The van der Waals surface area contributed by atoms with Crippen LogP contribution in [0.15, 0.2) is 40.8 Å². The van der Waals surface area contributed by atoms with Crippen molar-refractivity contribution in [1.29, 1.82) is 0 Å². The van der Waals surface area contributed by atoms with Crippen molar-refractivity contribution in [2.45, 2.75) is 19.4 Å². The lowest BCUT2D eigenvalue weighted by atomic mass is 9.97. The summed E-state index contributed by atoms with van der Waals surface area (Å²) in [5.74, 6) is 3.60. The minimum Gasteiger partial charge on any atom is -0.497 e. The Morgan fingerprint density at radius 2 is 1.81 bits per heavy atom. The molecule has 3 heterocycles. The van der Waals surface area contributed by atoms with Crippen molar-refractivity contribution in [2.75, 3.05) is 53.0 Å². The molecule has 1 aromatic heterocycles. The Morgan fingerprint density at radius 1 is 1.00 bits per heavy atom. The molecular formula is C22H30N2O3. The summed E-state index contributed by atoms with van der Waals surface area (Å²) in [6.45, 7) is 8.37. The monoisotopic (exact) mass is 370 g/mol. The third-order valence-electron chi connectivity index (χ3n) is 5.64. The Morgan fingerprint density at radius 3 is 2.59 bits per heavy atom. The summed E-state index contributed by atoms with van der Waals surface area (Å²) >= 11 is 0. The Kier molecular flexibility index (Phi) is 6.12. The molecule has 2 saturated heterocycles. The van der Waals surface area contributed by atoms with Crippen molar-refractivity contribution >= 4 is 0 Å². The van der Waals surface area contributed by atoms with Crippen LogP contribution in [0.1, 0.15) is 18.6 Å². The fourth-order valence-electron chi connectivity index (χ4n) is 4.19. The average Bonchev–Trinajstić information content (AvgIpc) is 3.17. The average molecular weight is 370 g/mol. The number of ether oxygens (including phenoxy) is 2. The largest absolute Gasteiger partial charge is 0.497 e. The van der Waals surface area contributed by atoms with E-state index in [0.717, 1.165) is 74.7 Å². The van der Waals surface area contributed by atoms with Gasteiger partial charge in [-0.2, -0.15) is 0 Å². The number of furan rings is 1. The summed E-state index contributed by atoms with van der Waals surface area (Å²) in [5.41, 5.74) is 1.09. The van der Waals surface area contributed by atoms with Gasteiger partial charge in [0, 0.05) is 31.7 Å². The number of hydrogen-bond acceptors (Lipinski definition) is 5. The van der Waals surface area contributed by atoms with Crippen LogP contribution in [0.2, 0.25) is 0 Å². The van der Waals surface area contributed by atoms with Crippen LogP contribution in [0.5, 0.6) is 5.75 Å². The lowest BCUT2D eigenvalue weighted by Gasteiger charge is -2.36. The maximum atomic E-state index is 6.12. The van der Waals surface area contributed by atoms with Gasteiger partial charge < -0.3 is 13.9 Å². The van der Waals surface area contributed by atoms with E-state index in [9.17, 15) is 0 Å². The predicted octanol–water partition coefficient (Wildman–Crippen LogP) is 3.50. The molecule has 27 heavy (non-hydrogen) atoms. The van der Waals surface area contributed by atoms with Crippen LogP contribution in [-0.4, -0.2) is 62.8 Å². The van der Waals surface area contributed by atoms with Gasteiger partial charge in [-0.3, -0.25) is 9.80 Å². The highest BCUT2D eigenvalue weighted by Gasteiger charge is 2.23. The Labute approximate surface area is 161 Å². The predicted molar refractivity (Wildman–Crippen MR) is 106 cm³/mol. The maximum absolute atomic E-state index is 6.12. The molecule has 0 bridgehead atoms. The fourth-order valence-corrected chi connectivity index (χ4v) is 4.19. The number of rotatable bonds is 6. The van der Waals surface area contributed by atoms with E-state index in [1.165, 1.54) is 19.4 Å². The second kappa shape index (κ2) is 8.91. The van der Waals surface area contributed by atoms with Gasteiger partial charge >= 0.3 is 0 Å². The van der Waals surface area contributed by atoms with Crippen LogP contribution in [-0.2, 0) is 11.3 Å². The summed E-state index contributed by atoms with van der Waals surface area (Å²) in [5, 5.41) is 0. The Bertz CT molecular complexity index is 707. The molecule has 0 aliphatic carbocycles. The van der Waals surface area contributed by atoms with Crippen molar-refractivity contribution in [3.63, 3.8) is 0 Å². The third-order valence-corrected chi connectivity index (χ3v) is 5.64. The first-order valence-electron chi connectivity index (χ1n) is 10.1. The molecule has 2 aliphatic heterocycles. The third kappa shape index (κ3) is 4.92. The smallest absolute Gasteiger partial charge is 0.134 e. The highest BCUT2D eigenvalue weighted by molar-refractivity contribution is 5.58. The van der Waals surface area contributed by atoms with Gasteiger partial charge in [0.05, 0.1) is 26.9 Å². The molecule has 146 valence electrons. The van der Waals surface area contributed by atoms with E-state index in [1.807, 2.05) is 24.3 Å². The second-order valence-electron chi connectivity index (χ2n) is 7.65. The SMILES string of the molecule is COc1ccc(-c2ccc(CN3CCC[C@H](CN4CCOCC4)C3)o2)cc1. The lowest BCUT2D eigenvalue weighted by Crippen LogP contribution is -2.44. The molecule has 2 aliphatic rings. The van der Waals surface area contributed by atoms with E-state index in [4.69, 9.17) is 13.9 Å². The summed E-state index contributed by atoms with van der Waals surface area (Å²) in [7, 11) is 1.69. The molecule has 0 saturated carbocycles. The van der Waals surface area contributed by atoms with Gasteiger partial charge in [0.15, 0.2) is 0 Å². The zero-order valence-corrected chi connectivity index (χ0v) is 16.2. The Hall–Kier alpha value is -1.82. The molecule has 1 aromatic carbocycles. The molecule has 0 amide bonds. The summed E-state index contributed by atoms with van der Waals surface area (Å²) in [4.78, 5) is 5.11. The Balaban J connectivity index is 1.32. The first kappa shape index (κ1) is 18.5. The van der Waals surface area contributed by atoms with E-state index >= 15 is 0 Å². The molecule has 0 spiro atoms. The van der Waals surface area contributed by atoms with Gasteiger partial charge in [0.1, 0.15) is 17.3 Å². The zero-order chi connectivity index (χ0) is 18.5. The van der Waals surface area contributed by atoms with Gasteiger partial charge in [-0.25, -0.2) is 0 Å². The van der Waals surface area contributed by atoms with E-state index in [1.54, 1.807) is 7.11 Å². The molecule has 5 heteroatoms. The van der Waals surface area contributed by atoms with Crippen LogP contribution in [0, 0.1) is 5.92 Å². The van der Waals surface area contributed by atoms with E-state index in [2.05, 4.69) is 21.9 Å². The van der Waals surface area contributed by atoms with Crippen molar-refractivity contribution in [3.05, 3.63) is 42.2 Å². The highest BCUT2D eigenvalue weighted by atomic mass is 16.5. The fraction of sp³-hybridized carbons (Fsp3) is 0.545. The molecule has 0 unspecified atom stereocenters. The lowest BCUT2D eigenvalue weighted by molar-refractivity contribution is 0.0220. The first-order valence-corrected chi connectivity index (χ1v) is 10.1. The number of benzene rings is 1. The van der Waals surface area contributed by atoms with Crippen molar-refractivity contribution in [3.8, 4) is 17.1 Å². The molecule has 1 atom stereocenters. The van der Waals surface area contributed by atoms with Crippen LogP contribution in [0.3, 0.4) is 0 Å². The van der Waals surface area contributed by atoms with Gasteiger partial charge in [-0.15, -0.1) is 0 Å². The highest BCUT2D eigenvalue weighted by Crippen LogP contribution is 2.26. The van der Waals surface area contributed by atoms with Gasteiger partial charge in [0.2, 0.25) is 0 Å². The molecular weight excluding hydrogens is 340 g/mol. The summed E-state index contributed by atoms with van der Waals surface area (Å²) in [6.07, 6.45) is 2.62. The molecule has 4 rings (SSSR count). The minimum atomic E-state index is 0.757. The number of methoxy groups -OCH3 is 1. The number of piperidine rings is 1. The zero-order valence-electron chi connectivity index (χ0n) is 16.2. The van der Waals surface area contributed by atoms with Crippen molar-refractivity contribution in [2.24, 2.45) is 5.92 Å². The summed E-state index contributed by atoms with van der Waals surface area (Å²) in [6, 6.07) is 12.2. The van der Waals surface area contributed by atoms with Crippen molar-refractivity contribution < 1.29 is 13.9 Å². The maximum Gasteiger partial charge on any atom is 0.134 e. The van der Waals surface area contributed by atoms with Crippen LogP contribution in [0.4, 0.5) is 0 Å². The standard InChI is InChI=1S/C22H30N2O3/c1-25-20-6-4-19(5-7-20)22-9-8-21(27-22)17-24-10-2-3-18(16-24)15-23-11-13-26-14-12-23/h4-9,18H,2-3,10-17H2,1H3/t18-/m1/s1. The second-order valence-corrected chi connectivity index (χ2v) is 7.65. The minimum absolute atomic E-state index is 0.757. The normalized spacial score (nSPS) is 22.0. The molecule has 2 aromatic rings. The molecule has 5 nitrogen and oxygen atoms in total. The summed E-state index contributed by atoms with van der Waals surface area (Å²) < 4.78 is 16.8. The van der Waals surface area contributed by atoms with Crippen LogP contribution in [0.25, 0.3) is 11.3 Å². The topological polar surface area (TPSA) is 38.1 Å². The van der Waals surface area contributed by atoms with Gasteiger partial charge in [0.25, 0.3) is 0 Å². The molecule has 0 N–H and O–H groups in total. The first-order chi connectivity index (χ1) is 13.3. The quantitative estimate of drug-likeness (QED) is 0.778. The van der Waals surface area contributed by atoms with Gasteiger partial charge in [-0.05, 0) is 61.7 Å². The van der Waals surface area contributed by atoms with E-state index in [0.29, 0.717) is 0 Å². The van der Waals surface area contributed by atoms with Crippen molar-refractivity contribution in [1.82, 2.24) is 9.80 Å². The van der Waals surface area contributed by atoms with Crippen LogP contribution >= 0.6 is 0 Å².